The minimum absolute atomic E-state index is 0.474. The summed E-state index contributed by atoms with van der Waals surface area (Å²) in [5.41, 5.74) is 1.28. The van der Waals surface area contributed by atoms with Crippen LogP contribution in [0.25, 0.3) is 0 Å². The molecule has 0 aromatic heterocycles. The van der Waals surface area contributed by atoms with E-state index >= 15 is 0 Å². The number of benzene rings is 1. The monoisotopic (exact) mass is 168 g/mol. The second-order valence-corrected chi connectivity index (χ2v) is 2.62. The maximum atomic E-state index is 10.1. The Bertz CT molecular complexity index is 266. The summed E-state index contributed by atoms with van der Waals surface area (Å²) in [5.74, 6) is 0. The highest BCUT2D eigenvalue weighted by Gasteiger charge is 1.96. The summed E-state index contributed by atoms with van der Waals surface area (Å²) >= 11 is 5.64. The van der Waals surface area contributed by atoms with Gasteiger partial charge in [-0.15, -0.1) is 5.21 Å². The van der Waals surface area contributed by atoms with Gasteiger partial charge in [-0.2, -0.15) is 0 Å². The van der Waals surface area contributed by atoms with E-state index in [4.69, 9.17) is 11.6 Å². The molecular formula is C8H7ClNO. The SMILES string of the molecule is C/C(=N/[O])c1ccc(Cl)cc1. The molecule has 11 heavy (non-hydrogen) atoms. The molecule has 0 aliphatic carbocycles. The van der Waals surface area contributed by atoms with Crippen LogP contribution in [0.4, 0.5) is 0 Å². The molecule has 57 valence electrons. The lowest BCUT2D eigenvalue weighted by molar-refractivity contribution is 0.209. The van der Waals surface area contributed by atoms with Crippen LogP contribution in [-0.2, 0) is 5.21 Å². The first-order valence-electron chi connectivity index (χ1n) is 3.17. The molecule has 0 N–H and O–H groups in total. The summed E-state index contributed by atoms with van der Waals surface area (Å²) < 4.78 is 0. The van der Waals surface area contributed by atoms with Crippen molar-refractivity contribution >= 4 is 17.3 Å². The Labute approximate surface area is 70.1 Å². The highest BCUT2D eigenvalue weighted by Crippen LogP contribution is 2.09. The Hall–Kier alpha value is -1.02. The van der Waals surface area contributed by atoms with Gasteiger partial charge in [0.2, 0.25) is 0 Å². The average molecular weight is 169 g/mol. The van der Waals surface area contributed by atoms with Gasteiger partial charge in [0.15, 0.2) is 0 Å². The molecule has 1 radical (unpaired) electrons. The van der Waals surface area contributed by atoms with Crippen molar-refractivity contribution in [2.24, 2.45) is 5.16 Å². The molecule has 0 unspecified atom stereocenters. The van der Waals surface area contributed by atoms with Crippen LogP contribution >= 0.6 is 11.6 Å². The van der Waals surface area contributed by atoms with Crippen molar-refractivity contribution in [3.63, 3.8) is 0 Å². The van der Waals surface area contributed by atoms with Gasteiger partial charge in [0, 0.05) is 5.02 Å². The summed E-state index contributed by atoms with van der Waals surface area (Å²) in [5, 5.41) is 13.5. The van der Waals surface area contributed by atoms with Crippen molar-refractivity contribution in [3.05, 3.63) is 34.9 Å². The zero-order valence-electron chi connectivity index (χ0n) is 6.04. The van der Waals surface area contributed by atoms with Crippen molar-refractivity contribution in [2.75, 3.05) is 0 Å². The van der Waals surface area contributed by atoms with Gasteiger partial charge in [0.25, 0.3) is 0 Å². The lowest BCUT2D eigenvalue weighted by atomic mass is 10.1. The van der Waals surface area contributed by atoms with Crippen LogP contribution in [-0.4, -0.2) is 5.71 Å². The quantitative estimate of drug-likeness (QED) is 0.456. The van der Waals surface area contributed by atoms with Crippen molar-refractivity contribution < 1.29 is 5.21 Å². The van der Waals surface area contributed by atoms with Crippen LogP contribution in [0.15, 0.2) is 29.4 Å². The van der Waals surface area contributed by atoms with Gasteiger partial charge in [-0.1, -0.05) is 23.7 Å². The Morgan fingerprint density at radius 1 is 1.36 bits per heavy atom. The van der Waals surface area contributed by atoms with Gasteiger partial charge in [-0.25, -0.2) is 0 Å². The molecular weight excluding hydrogens is 162 g/mol. The molecule has 0 heterocycles. The van der Waals surface area contributed by atoms with Crippen LogP contribution < -0.4 is 0 Å². The molecule has 3 heteroatoms. The van der Waals surface area contributed by atoms with E-state index in [2.05, 4.69) is 5.16 Å². The topological polar surface area (TPSA) is 32.3 Å². The molecule has 0 saturated heterocycles. The fraction of sp³-hybridized carbons (Fsp3) is 0.125. The van der Waals surface area contributed by atoms with Crippen LogP contribution in [0, 0.1) is 0 Å². The summed E-state index contributed by atoms with van der Waals surface area (Å²) in [6.45, 7) is 1.66. The first-order valence-corrected chi connectivity index (χ1v) is 3.54. The zero-order valence-corrected chi connectivity index (χ0v) is 6.80. The fourth-order valence-corrected chi connectivity index (χ4v) is 0.870. The van der Waals surface area contributed by atoms with Crippen molar-refractivity contribution in [1.29, 1.82) is 0 Å². The fourth-order valence-electron chi connectivity index (χ4n) is 0.744. The normalized spacial score (nSPS) is 11.6. The Morgan fingerprint density at radius 3 is 2.36 bits per heavy atom. The second kappa shape index (κ2) is 3.39. The lowest BCUT2D eigenvalue weighted by Gasteiger charge is -1.95. The average Bonchev–Trinajstić information content (AvgIpc) is 2.05. The number of nitrogens with zero attached hydrogens (tertiary/aromatic N) is 1. The number of rotatable bonds is 1. The van der Waals surface area contributed by atoms with E-state index in [9.17, 15) is 5.21 Å². The van der Waals surface area contributed by atoms with Gasteiger partial charge in [0.1, 0.15) is 0 Å². The minimum atomic E-state index is 0.474. The molecule has 0 aliphatic heterocycles. The molecule has 0 bridgehead atoms. The molecule has 0 aliphatic rings. The predicted octanol–water partition coefficient (Wildman–Crippen LogP) is 2.49. The second-order valence-electron chi connectivity index (χ2n) is 2.18. The number of halogens is 1. The Morgan fingerprint density at radius 2 is 1.91 bits per heavy atom. The van der Waals surface area contributed by atoms with Gasteiger partial charge < -0.3 is 0 Å². The molecule has 2 nitrogen and oxygen atoms in total. The first-order chi connectivity index (χ1) is 5.24. The van der Waals surface area contributed by atoms with E-state index in [1.54, 1.807) is 31.2 Å². The van der Waals surface area contributed by atoms with E-state index in [1.165, 1.54) is 0 Å². The van der Waals surface area contributed by atoms with E-state index in [1.807, 2.05) is 0 Å². The van der Waals surface area contributed by atoms with Gasteiger partial charge >= 0.3 is 0 Å². The molecule has 0 atom stereocenters. The highest BCUT2D eigenvalue weighted by atomic mass is 35.5. The summed E-state index contributed by atoms with van der Waals surface area (Å²) in [4.78, 5) is 0. The van der Waals surface area contributed by atoms with Crippen LogP contribution in [0.3, 0.4) is 0 Å². The van der Waals surface area contributed by atoms with E-state index in [0.29, 0.717) is 10.7 Å². The van der Waals surface area contributed by atoms with Gasteiger partial charge in [0.05, 0.1) is 5.71 Å². The smallest absolute Gasteiger partial charge is 0.0890 e. The molecule has 0 amide bonds. The minimum Gasteiger partial charge on any atom is -0.145 e. The molecule has 1 rings (SSSR count). The third-order valence-corrected chi connectivity index (χ3v) is 1.65. The predicted molar refractivity (Wildman–Crippen MR) is 44.3 cm³/mol. The largest absolute Gasteiger partial charge is 0.145 e. The van der Waals surface area contributed by atoms with Crippen molar-refractivity contribution in [2.45, 2.75) is 6.92 Å². The molecule has 0 spiro atoms. The lowest BCUT2D eigenvalue weighted by Crippen LogP contribution is -1.92. The first kappa shape index (κ1) is 8.08. The number of hydrogen-bond donors (Lipinski definition) is 0. The molecule has 1 aromatic rings. The molecule has 1 aromatic carbocycles. The van der Waals surface area contributed by atoms with Crippen LogP contribution in [0.2, 0.25) is 5.02 Å². The summed E-state index contributed by atoms with van der Waals surface area (Å²) in [6.07, 6.45) is 0. The third-order valence-electron chi connectivity index (χ3n) is 1.40. The Kier molecular flexibility index (Phi) is 2.49. The van der Waals surface area contributed by atoms with E-state index in [-0.39, 0.29) is 0 Å². The van der Waals surface area contributed by atoms with Gasteiger partial charge in [-0.3, -0.25) is 0 Å². The van der Waals surface area contributed by atoms with Crippen molar-refractivity contribution in [1.82, 2.24) is 0 Å². The maximum absolute atomic E-state index is 10.1. The maximum Gasteiger partial charge on any atom is 0.0890 e. The standard InChI is InChI=1S/C8H7ClNO/c1-6(10-11)7-2-4-8(9)5-3-7/h2-5H,1H3/b10-6-. The van der Waals surface area contributed by atoms with E-state index < -0.39 is 0 Å². The van der Waals surface area contributed by atoms with Crippen LogP contribution in [0.5, 0.6) is 0 Å². The van der Waals surface area contributed by atoms with Crippen LogP contribution in [0.1, 0.15) is 12.5 Å². The zero-order chi connectivity index (χ0) is 8.27. The Balaban J connectivity index is 2.99. The highest BCUT2D eigenvalue weighted by molar-refractivity contribution is 6.30. The summed E-state index contributed by atoms with van der Waals surface area (Å²) in [6, 6.07) is 6.98. The van der Waals surface area contributed by atoms with Crippen molar-refractivity contribution in [3.8, 4) is 0 Å². The molecule has 0 saturated carbocycles. The molecule has 0 fully saturated rings. The number of hydrogen-bond acceptors (Lipinski definition) is 1. The van der Waals surface area contributed by atoms with E-state index in [0.717, 1.165) is 5.56 Å². The summed E-state index contributed by atoms with van der Waals surface area (Å²) in [7, 11) is 0. The van der Waals surface area contributed by atoms with Gasteiger partial charge in [-0.05, 0) is 29.8 Å². The third kappa shape index (κ3) is 1.95.